The van der Waals surface area contributed by atoms with Crippen LogP contribution in [0.3, 0.4) is 0 Å². The van der Waals surface area contributed by atoms with Crippen molar-refractivity contribution in [3.8, 4) is 5.75 Å². The second-order valence-corrected chi connectivity index (χ2v) is 5.17. The van der Waals surface area contributed by atoms with E-state index in [9.17, 15) is 0 Å². The Kier molecular flexibility index (Phi) is 2.45. The molecule has 2 nitrogen and oxygen atoms in total. The van der Waals surface area contributed by atoms with Crippen LogP contribution in [0.2, 0.25) is 0 Å². The molecule has 0 amide bonds. The molecule has 0 radical (unpaired) electrons. The van der Waals surface area contributed by atoms with Crippen molar-refractivity contribution in [2.75, 3.05) is 19.7 Å². The van der Waals surface area contributed by atoms with Gasteiger partial charge in [-0.05, 0) is 46.4 Å². The zero-order chi connectivity index (χ0) is 10.3. The summed E-state index contributed by atoms with van der Waals surface area (Å²) in [5.74, 6) is 2.45. The van der Waals surface area contributed by atoms with Gasteiger partial charge in [-0.1, -0.05) is 12.1 Å². The van der Waals surface area contributed by atoms with E-state index in [-0.39, 0.29) is 0 Å². The number of rotatable bonds is 0. The standard InChI is InChI=1S/C12H14BrNO/c13-11-3-1-2-9-10-7-14-6-8(10)4-5-15-12(9)11/h1-3,8,10,14H,4-7H2/t8-,10-/m0/s1. The van der Waals surface area contributed by atoms with Gasteiger partial charge in [-0.15, -0.1) is 0 Å². The Bertz CT molecular complexity index is 380. The fraction of sp³-hybridized carbons (Fsp3) is 0.500. The van der Waals surface area contributed by atoms with E-state index in [1.807, 2.05) is 0 Å². The number of hydrogen-bond acceptors (Lipinski definition) is 2. The van der Waals surface area contributed by atoms with E-state index in [2.05, 4.69) is 39.4 Å². The zero-order valence-electron chi connectivity index (χ0n) is 8.50. The van der Waals surface area contributed by atoms with Gasteiger partial charge in [0.25, 0.3) is 0 Å². The minimum absolute atomic E-state index is 0.639. The molecule has 2 heterocycles. The first kappa shape index (κ1) is 9.67. The van der Waals surface area contributed by atoms with Gasteiger partial charge in [0.05, 0.1) is 11.1 Å². The number of ether oxygens (including phenoxy) is 1. The van der Waals surface area contributed by atoms with Crippen LogP contribution in [0.1, 0.15) is 17.9 Å². The predicted octanol–water partition coefficient (Wildman–Crippen LogP) is 2.53. The number of para-hydroxylation sites is 1. The lowest BCUT2D eigenvalue weighted by molar-refractivity contribution is 0.295. The van der Waals surface area contributed by atoms with Gasteiger partial charge in [-0.3, -0.25) is 0 Å². The second kappa shape index (κ2) is 3.80. The van der Waals surface area contributed by atoms with Crippen LogP contribution in [0.5, 0.6) is 5.75 Å². The smallest absolute Gasteiger partial charge is 0.136 e. The quantitative estimate of drug-likeness (QED) is 0.780. The second-order valence-electron chi connectivity index (χ2n) is 4.32. The topological polar surface area (TPSA) is 21.3 Å². The first-order chi connectivity index (χ1) is 7.36. The van der Waals surface area contributed by atoms with E-state index in [1.165, 1.54) is 12.0 Å². The molecule has 2 aliphatic heterocycles. The SMILES string of the molecule is Brc1cccc2c1OCC[C@H]1CNC[C@H]21. The van der Waals surface area contributed by atoms with Gasteiger partial charge < -0.3 is 10.1 Å². The summed E-state index contributed by atoms with van der Waals surface area (Å²) in [4.78, 5) is 0. The van der Waals surface area contributed by atoms with Crippen LogP contribution in [-0.4, -0.2) is 19.7 Å². The molecular formula is C12H14BrNO. The number of benzene rings is 1. The Labute approximate surface area is 98.1 Å². The van der Waals surface area contributed by atoms with Crippen LogP contribution in [0.4, 0.5) is 0 Å². The lowest BCUT2D eigenvalue weighted by atomic mass is 9.87. The van der Waals surface area contributed by atoms with E-state index >= 15 is 0 Å². The van der Waals surface area contributed by atoms with Crippen molar-refractivity contribution in [3.63, 3.8) is 0 Å². The molecule has 0 bridgehead atoms. The highest BCUT2D eigenvalue weighted by Gasteiger charge is 2.32. The zero-order valence-corrected chi connectivity index (χ0v) is 10.1. The fourth-order valence-corrected chi connectivity index (χ4v) is 3.18. The number of halogens is 1. The maximum Gasteiger partial charge on any atom is 0.136 e. The summed E-state index contributed by atoms with van der Waals surface area (Å²) in [5, 5.41) is 3.48. The van der Waals surface area contributed by atoms with Crippen molar-refractivity contribution in [2.45, 2.75) is 12.3 Å². The minimum Gasteiger partial charge on any atom is -0.492 e. The predicted molar refractivity (Wildman–Crippen MR) is 63.4 cm³/mol. The molecule has 1 aromatic rings. The van der Waals surface area contributed by atoms with Crippen LogP contribution in [0.25, 0.3) is 0 Å². The summed E-state index contributed by atoms with van der Waals surface area (Å²) in [6.45, 7) is 3.08. The van der Waals surface area contributed by atoms with Gasteiger partial charge in [0.2, 0.25) is 0 Å². The third-order valence-corrected chi connectivity index (χ3v) is 4.10. The van der Waals surface area contributed by atoms with Gasteiger partial charge in [-0.25, -0.2) is 0 Å². The highest BCUT2D eigenvalue weighted by atomic mass is 79.9. The molecule has 3 rings (SSSR count). The van der Waals surface area contributed by atoms with Gasteiger partial charge in [0.1, 0.15) is 5.75 Å². The van der Waals surface area contributed by atoms with Crippen LogP contribution in [0.15, 0.2) is 22.7 Å². The van der Waals surface area contributed by atoms with E-state index in [0.29, 0.717) is 5.92 Å². The Balaban J connectivity index is 2.09. The number of nitrogens with one attached hydrogen (secondary N) is 1. The summed E-state index contributed by atoms with van der Waals surface area (Å²) >= 11 is 3.57. The van der Waals surface area contributed by atoms with Gasteiger partial charge in [-0.2, -0.15) is 0 Å². The molecule has 0 unspecified atom stereocenters. The Morgan fingerprint density at radius 2 is 2.27 bits per heavy atom. The fourth-order valence-electron chi connectivity index (χ4n) is 2.68. The molecule has 1 N–H and O–H groups in total. The molecular weight excluding hydrogens is 254 g/mol. The first-order valence-electron chi connectivity index (χ1n) is 5.48. The molecule has 0 aliphatic carbocycles. The molecule has 80 valence electrons. The van der Waals surface area contributed by atoms with Gasteiger partial charge in [0.15, 0.2) is 0 Å². The lowest BCUT2D eigenvalue weighted by Gasteiger charge is -2.16. The van der Waals surface area contributed by atoms with Crippen molar-refractivity contribution in [1.29, 1.82) is 0 Å². The Morgan fingerprint density at radius 1 is 1.33 bits per heavy atom. The van der Waals surface area contributed by atoms with Crippen molar-refractivity contribution >= 4 is 15.9 Å². The maximum absolute atomic E-state index is 5.84. The largest absolute Gasteiger partial charge is 0.492 e. The molecule has 15 heavy (non-hydrogen) atoms. The average Bonchev–Trinajstić information content (AvgIpc) is 2.62. The summed E-state index contributed by atoms with van der Waals surface area (Å²) < 4.78 is 6.93. The van der Waals surface area contributed by atoms with Gasteiger partial charge >= 0.3 is 0 Å². The van der Waals surface area contributed by atoms with E-state index in [0.717, 1.165) is 35.8 Å². The van der Waals surface area contributed by atoms with Crippen LogP contribution in [0, 0.1) is 5.92 Å². The average molecular weight is 268 g/mol. The van der Waals surface area contributed by atoms with Crippen LogP contribution < -0.4 is 10.1 Å². The van der Waals surface area contributed by atoms with Crippen molar-refractivity contribution in [1.82, 2.24) is 5.32 Å². The summed E-state index contributed by atoms with van der Waals surface area (Å²) in [5.41, 5.74) is 1.37. The number of fused-ring (bicyclic) bond motifs is 3. The summed E-state index contributed by atoms with van der Waals surface area (Å²) in [6, 6.07) is 6.37. The normalized spacial score (nSPS) is 28.9. The Morgan fingerprint density at radius 3 is 3.20 bits per heavy atom. The molecule has 0 aromatic heterocycles. The van der Waals surface area contributed by atoms with Crippen molar-refractivity contribution in [2.24, 2.45) is 5.92 Å². The number of hydrogen-bond donors (Lipinski definition) is 1. The Hall–Kier alpha value is -0.540. The van der Waals surface area contributed by atoms with E-state index in [4.69, 9.17) is 4.74 Å². The van der Waals surface area contributed by atoms with Gasteiger partial charge in [0, 0.05) is 12.5 Å². The van der Waals surface area contributed by atoms with Crippen molar-refractivity contribution < 1.29 is 4.74 Å². The third kappa shape index (κ3) is 1.58. The maximum atomic E-state index is 5.84. The summed E-state index contributed by atoms with van der Waals surface area (Å²) in [7, 11) is 0. The van der Waals surface area contributed by atoms with E-state index < -0.39 is 0 Å². The molecule has 0 saturated carbocycles. The first-order valence-corrected chi connectivity index (χ1v) is 6.27. The highest BCUT2D eigenvalue weighted by Crippen LogP contribution is 2.41. The third-order valence-electron chi connectivity index (χ3n) is 3.47. The molecule has 1 fully saturated rings. The molecule has 3 heteroatoms. The van der Waals surface area contributed by atoms with E-state index in [1.54, 1.807) is 0 Å². The monoisotopic (exact) mass is 267 g/mol. The lowest BCUT2D eigenvalue weighted by Crippen LogP contribution is -2.11. The molecule has 2 aliphatic rings. The molecule has 1 saturated heterocycles. The highest BCUT2D eigenvalue weighted by molar-refractivity contribution is 9.10. The molecule has 1 aromatic carbocycles. The summed E-state index contributed by atoms with van der Waals surface area (Å²) in [6.07, 6.45) is 1.17. The van der Waals surface area contributed by atoms with Crippen LogP contribution in [-0.2, 0) is 0 Å². The van der Waals surface area contributed by atoms with Crippen molar-refractivity contribution in [3.05, 3.63) is 28.2 Å². The molecule has 0 spiro atoms. The minimum atomic E-state index is 0.639. The van der Waals surface area contributed by atoms with Crippen LogP contribution >= 0.6 is 15.9 Å². The molecule has 2 atom stereocenters.